The van der Waals surface area contributed by atoms with Crippen LogP contribution in [0, 0.1) is 6.92 Å². The molecule has 0 saturated heterocycles. The summed E-state index contributed by atoms with van der Waals surface area (Å²) >= 11 is 6.58. The fourth-order valence-corrected chi connectivity index (χ4v) is 3.29. The standard InChI is InChI=1S/C14H24ClN/c1-9-10(13(2,3)4)11(15)12(16(9)8)14(5,6)7/h1-8H3. The first-order valence-corrected chi connectivity index (χ1v) is 6.21. The molecule has 0 bridgehead atoms. The van der Waals surface area contributed by atoms with Crippen molar-refractivity contribution in [2.24, 2.45) is 7.05 Å². The highest BCUT2D eigenvalue weighted by Gasteiger charge is 2.30. The lowest BCUT2D eigenvalue weighted by Crippen LogP contribution is -2.16. The van der Waals surface area contributed by atoms with Gasteiger partial charge >= 0.3 is 0 Å². The maximum absolute atomic E-state index is 6.58. The van der Waals surface area contributed by atoms with E-state index < -0.39 is 0 Å². The smallest absolute Gasteiger partial charge is 0.0660 e. The van der Waals surface area contributed by atoms with Gasteiger partial charge in [-0.25, -0.2) is 0 Å². The second kappa shape index (κ2) is 3.80. The molecule has 0 unspecified atom stereocenters. The molecule has 0 aliphatic carbocycles. The van der Waals surface area contributed by atoms with Crippen molar-refractivity contribution < 1.29 is 0 Å². The molecule has 0 saturated carbocycles. The topological polar surface area (TPSA) is 4.93 Å². The lowest BCUT2D eigenvalue weighted by molar-refractivity contribution is 0.540. The summed E-state index contributed by atoms with van der Waals surface area (Å²) in [4.78, 5) is 0. The fraction of sp³-hybridized carbons (Fsp3) is 0.714. The molecule has 0 aliphatic heterocycles. The van der Waals surface area contributed by atoms with Crippen LogP contribution in [-0.4, -0.2) is 4.57 Å². The van der Waals surface area contributed by atoms with Crippen LogP contribution >= 0.6 is 11.6 Å². The highest BCUT2D eigenvalue weighted by Crippen LogP contribution is 2.40. The molecule has 1 heterocycles. The lowest BCUT2D eigenvalue weighted by atomic mass is 9.85. The van der Waals surface area contributed by atoms with Crippen LogP contribution in [0.25, 0.3) is 0 Å². The Morgan fingerprint density at radius 1 is 0.938 bits per heavy atom. The molecule has 92 valence electrons. The molecule has 0 radical (unpaired) electrons. The van der Waals surface area contributed by atoms with E-state index >= 15 is 0 Å². The zero-order valence-electron chi connectivity index (χ0n) is 11.8. The highest BCUT2D eigenvalue weighted by molar-refractivity contribution is 6.32. The molecule has 16 heavy (non-hydrogen) atoms. The van der Waals surface area contributed by atoms with Crippen LogP contribution in [-0.2, 0) is 17.9 Å². The van der Waals surface area contributed by atoms with E-state index in [-0.39, 0.29) is 10.8 Å². The van der Waals surface area contributed by atoms with E-state index in [1.54, 1.807) is 0 Å². The minimum Gasteiger partial charge on any atom is -0.350 e. The normalized spacial score (nSPS) is 13.3. The van der Waals surface area contributed by atoms with Crippen LogP contribution in [0.5, 0.6) is 0 Å². The second-order valence-corrected chi connectivity index (χ2v) is 7.06. The summed E-state index contributed by atoms with van der Waals surface area (Å²) < 4.78 is 2.24. The van der Waals surface area contributed by atoms with Gasteiger partial charge in [0.1, 0.15) is 0 Å². The molecule has 1 aromatic heterocycles. The third kappa shape index (κ3) is 2.15. The van der Waals surface area contributed by atoms with Crippen molar-refractivity contribution in [3.05, 3.63) is 22.0 Å². The lowest BCUT2D eigenvalue weighted by Gasteiger charge is -2.21. The summed E-state index contributed by atoms with van der Waals surface area (Å²) in [7, 11) is 2.11. The number of aromatic nitrogens is 1. The number of halogens is 1. The number of nitrogens with zero attached hydrogens (tertiary/aromatic N) is 1. The van der Waals surface area contributed by atoms with Crippen LogP contribution in [0.15, 0.2) is 0 Å². The predicted molar refractivity (Wildman–Crippen MR) is 72.6 cm³/mol. The van der Waals surface area contributed by atoms with Crippen molar-refractivity contribution in [3.8, 4) is 0 Å². The summed E-state index contributed by atoms with van der Waals surface area (Å²) in [5.41, 5.74) is 3.98. The SMILES string of the molecule is Cc1c(C(C)(C)C)c(Cl)c(C(C)(C)C)n1C. The summed E-state index contributed by atoms with van der Waals surface area (Å²) in [6, 6.07) is 0. The van der Waals surface area contributed by atoms with Gasteiger partial charge in [-0.05, 0) is 17.9 Å². The minimum atomic E-state index is 0.0834. The van der Waals surface area contributed by atoms with Crippen molar-refractivity contribution in [2.75, 3.05) is 0 Å². The molecule has 0 fully saturated rings. The zero-order valence-corrected chi connectivity index (χ0v) is 12.6. The predicted octanol–water partition coefficient (Wildman–Crippen LogP) is 4.58. The number of rotatable bonds is 0. The summed E-state index contributed by atoms with van der Waals surface area (Å²) in [5, 5.41) is 0.944. The molecular formula is C14H24ClN. The van der Waals surface area contributed by atoms with Gasteiger partial charge < -0.3 is 4.57 Å². The quantitative estimate of drug-likeness (QED) is 0.627. The monoisotopic (exact) mass is 241 g/mol. The van der Waals surface area contributed by atoms with Gasteiger partial charge in [0.25, 0.3) is 0 Å². The molecule has 0 spiro atoms. The van der Waals surface area contributed by atoms with E-state index in [0.29, 0.717) is 0 Å². The fourth-order valence-electron chi connectivity index (χ4n) is 2.46. The maximum atomic E-state index is 6.58. The van der Waals surface area contributed by atoms with Crippen molar-refractivity contribution in [1.82, 2.24) is 4.57 Å². The first-order chi connectivity index (χ1) is 6.98. The van der Waals surface area contributed by atoms with E-state index in [2.05, 4.69) is 60.1 Å². The molecule has 0 aliphatic rings. The molecule has 1 aromatic rings. The van der Waals surface area contributed by atoms with Crippen LogP contribution < -0.4 is 0 Å². The summed E-state index contributed by atoms with van der Waals surface area (Å²) in [6.07, 6.45) is 0. The average molecular weight is 242 g/mol. The Bertz CT molecular complexity index is 362. The molecule has 1 nitrogen and oxygen atoms in total. The third-order valence-electron chi connectivity index (χ3n) is 3.09. The Hall–Kier alpha value is -0.430. The van der Waals surface area contributed by atoms with Gasteiger partial charge in [0, 0.05) is 23.9 Å². The van der Waals surface area contributed by atoms with Crippen molar-refractivity contribution >= 4 is 11.6 Å². The highest BCUT2D eigenvalue weighted by atomic mass is 35.5. The van der Waals surface area contributed by atoms with Gasteiger partial charge in [-0.3, -0.25) is 0 Å². The Morgan fingerprint density at radius 2 is 1.38 bits per heavy atom. The van der Waals surface area contributed by atoms with Crippen molar-refractivity contribution in [3.63, 3.8) is 0 Å². The van der Waals surface area contributed by atoms with E-state index in [4.69, 9.17) is 11.6 Å². The Labute approximate surface area is 105 Å². The molecule has 0 N–H and O–H groups in total. The molecule has 0 atom stereocenters. The van der Waals surface area contributed by atoms with Gasteiger partial charge in [0.15, 0.2) is 0 Å². The molecule has 0 aromatic carbocycles. The van der Waals surface area contributed by atoms with Gasteiger partial charge in [-0.2, -0.15) is 0 Å². The van der Waals surface area contributed by atoms with Gasteiger partial charge in [-0.1, -0.05) is 53.1 Å². The van der Waals surface area contributed by atoms with E-state index in [0.717, 1.165) is 5.02 Å². The van der Waals surface area contributed by atoms with E-state index in [9.17, 15) is 0 Å². The van der Waals surface area contributed by atoms with Crippen LogP contribution in [0.1, 0.15) is 58.5 Å². The summed E-state index contributed by atoms with van der Waals surface area (Å²) in [5.74, 6) is 0. The van der Waals surface area contributed by atoms with Crippen LogP contribution in [0.3, 0.4) is 0 Å². The first-order valence-electron chi connectivity index (χ1n) is 5.83. The number of hydrogen-bond donors (Lipinski definition) is 0. The van der Waals surface area contributed by atoms with Crippen molar-refractivity contribution in [1.29, 1.82) is 0 Å². The second-order valence-electron chi connectivity index (χ2n) is 6.68. The third-order valence-corrected chi connectivity index (χ3v) is 3.46. The van der Waals surface area contributed by atoms with Crippen LogP contribution in [0.2, 0.25) is 5.02 Å². The van der Waals surface area contributed by atoms with Gasteiger partial charge in [0.2, 0.25) is 0 Å². The molecule has 1 rings (SSSR count). The number of hydrogen-bond acceptors (Lipinski definition) is 0. The summed E-state index contributed by atoms with van der Waals surface area (Å²) in [6.45, 7) is 15.4. The zero-order chi connectivity index (χ0) is 12.9. The Morgan fingerprint density at radius 3 is 1.56 bits per heavy atom. The molecular weight excluding hydrogens is 218 g/mol. The average Bonchev–Trinajstić information content (AvgIpc) is 2.19. The van der Waals surface area contributed by atoms with Crippen LogP contribution in [0.4, 0.5) is 0 Å². The Balaban J connectivity index is 3.59. The molecule has 2 heteroatoms. The van der Waals surface area contributed by atoms with Gasteiger partial charge in [0.05, 0.1) is 5.02 Å². The maximum Gasteiger partial charge on any atom is 0.0660 e. The first kappa shape index (κ1) is 13.6. The van der Waals surface area contributed by atoms with E-state index in [1.165, 1.54) is 17.0 Å². The van der Waals surface area contributed by atoms with E-state index in [1.807, 2.05) is 0 Å². The Kier molecular flexibility index (Phi) is 3.24. The molecule has 0 amide bonds. The van der Waals surface area contributed by atoms with Crippen molar-refractivity contribution in [2.45, 2.75) is 59.3 Å². The van der Waals surface area contributed by atoms with Gasteiger partial charge in [-0.15, -0.1) is 0 Å². The largest absolute Gasteiger partial charge is 0.350 e. The minimum absolute atomic E-state index is 0.0834.